The molecular formula is C24H33N3O3. The first-order valence-corrected chi connectivity index (χ1v) is 10.8. The number of nitrogens with zero attached hydrogens (tertiary/aromatic N) is 1. The van der Waals surface area contributed by atoms with E-state index in [2.05, 4.69) is 21.6 Å². The van der Waals surface area contributed by atoms with Gasteiger partial charge < -0.3 is 20.5 Å². The van der Waals surface area contributed by atoms with Crippen molar-refractivity contribution < 1.29 is 14.6 Å². The van der Waals surface area contributed by atoms with E-state index in [0.29, 0.717) is 13.0 Å². The number of carbonyl (C=O) groups is 1. The van der Waals surface area contributed by atoms with Crippen LogP contribution in [0.4, 0.5) is 4.79 Å². The number of urea groups is 1. The molecule has 0 aromatic heterocycles. The molecule has 1 heterocycles. The van der Waals surface area contributed by atoms with Gasteiger partial charge in [-0.2, -0.15) is 0 Å². The predicted octanol–water partition coefficient (Wildman–Crippen LogP) is 3.13. The molecule has 2 aromatic carbocycles. The van der Waals surface area contributed by atoms with Gasteiger partial charge in [-0.15, -0.1) is 0 Å². The molecule has 2 amide bonds. The fourth-order valence-corrected chi connectivity index (χ4v) is 4.03. The zero-order chi connectivity index (χ0) is 21.2. The van der Waals surface area contributed by atoms with Crippen LogP contribution in [0.5, 0.6) is 5.75 Å². The number of carbonyl (C=O) groups excluding carboxylic acids is 1. The monoisotopic (exact) mass is 411 g/mol. The van der Waals surface area contributed by atoms with E-state index in [9.17, 15) is 9.90 Å². The zero-order valence-electron chi connectivity index (χ0n) is 17.7. The van der Waals surface area contributed by atoms with Crippen LogP contribution in [-0.2, 0) is 6.42 Å². The third-order valence-corrected chi connectivity index (χ3v) is 5.60. The van der Waals surface area contributed by atoms with Gasteiger partial charge in [0.05, 0.1) is 19.3 Å². The molecule has 1 aliphatic rings. The summed E-state index contributed by atoms with van der Waals surface area (Å²) in [5.41, 5.74) is 2.14. The Morgan fingerprint density at radius 1 is 1.00 bits per heavy atom. The molecule has 3 N–H and O–H groups in total. The van der Waals surface area contributed by atoms with Gasteiger partial charge in [0.15, 0.2) is 0 Å². The van der Waals surface area contributed by atoms with Crippen LogP contribution in [0.1, 0.15) is 36.4 Å². The fraction of sp³-hybridized carbons (Fsp3) is 0.458. The summed E-state index contributed by atoms with van der Waals surface area (Å²) in [7, 11) is 1.68. The molecule has 1 unspecified atom stereocenters. The van der Waals surface area contributed by atoms with Crippen LogP contribution < -0.4 is 15.4 Å². The van der Waals surface area contributed by atoms with E-state index in [1.807, 2.05) is 48.5 Å². The predicted molar refractivity (Wildman–Crippen MR) is 119 cm³/mol. The quantitative estimate of drug-likeness (QED) is 0.593. The van der Waals surface area contributed by atoms with Crippen LogP contribution in [0.3, 0.4) is 0 Å². The Hall–Kier alpha value is -2.57. The van der Waals surface area contributed by atoms with Crippen LogP contribution >= 0.6 is 0 Å². The molecule has 1 fully saturated rings. The molecule has 30 heavy (non-hydrogen) atoms. The Kier molecular flexibility index (Phi) is 8.53. The number of hydrogen-bond acceptors (Lipinski definition) is 4. The van der Waals surface area contributed by atoms with Crippen LogP contribution in [-0.4, -0.2) is 55.4 Å². The van der Waals surface area contributed by atoms with Crippen molar-refractivity contribution in [3.8, 4) is 5.75 Å². The van der Waals surface area contributed by atoms with E-state index in [-0.39, 0.29) is 18.6 Å². The maximum Gasteiger partial charge on any atom is 0.314 e. The molecule has 0 spiro atoms. The lowest BCUT2D eigenvalue weighted by atomic mass is 10.0. The number of hydrogen-bond donors (Lipinski definition) is 3. The molecule has 0 bridgehead atoms. The van der Waals surface area contributed by atoms with Gasteiger partial charge in [-0.1, -0.05) is 55.0 Å². The third-order valence-electron chi connectivity index (χ3n) is 5.60. The summed E-state index contributed by atoms with van der Waals surface area (Å²) in [5.74, 6) is 0.841. The highest BCUT2D eigenvalue weighted by Gasteiger charge is 2.25. The molecule has 6 nitrogen and oxygen atoms in total. The number of rotatable bonds is 9. The van der Waals surface area contributed by atoms with E-state index >= 15 is 0 Å². The maximum absolute atomic E-state index is 12.4. The number of ether oxygens (including phenoxy) is 1. The van der Waals surface area contributed by atoms with Crippen molar-refractivity contribution in [1.29, 1.82) is 0 Å². The fourth-order valence-electron chi connectivity index (χ4n) is 4.03. The van der Waals surface area contributed by atoms with E-state index in [1.54, 1.807) is 7.11 Å². The maximum atomic E-state index is 12.4. The van der Waals surface area contributed by atoms with Crippen LogP contribution in [0, 0.1) is 0 Å². The molecule has 0 saturated carbocycles. The molecule has 1 aliphatic heterocycles. The Morgan fingerprint density at radius 2 is 1.67 bits per heavy atom. The average molecular weight is 412 g/mol. The first-order valence-electron chi connectivity index (χ1n) is 10.8. The molecule has 1 saturated heterocycles. The summed E-state index contributed by atoms with van der Waals surface area (Å²) in [6.07, 6.45) is 3.49. The van der Waals surface area contributed by atoms with Gasteiger partial charge in [0.25, 0.3) is 0 Å². The topological polar surface area (TPSA) is 73.8 Å². The number of amides is 2. The smallest absolute Gasteiger partial charge is 0.314 e. The van der Waals surface area contributed by atoms with Gasteiger partial charge >= 0.3 is 6.03 Å². The first-order chi connectivity index (χ1) is 14.7. The summed E-state index contributed by atoms with van der Waals surface area (Å²) < 4.78 is 5.57. The van der Waals surface area contributed by atoms with Gasteiger partial charge in [0.2, 0.25) is 0 Å². The number of aliphatic hydroxyl groups is 1. The highest BCUT2D eigenvalue weighted by atomic mass is 16.5. The molecule has 162 valence electrons. The van der Waals surface area contributed by atoms with Gasteiger partial charge in [-0.3, -0.25) is 4.90 Å². The van der Waals surface area contributed by atoms with Crippen molar-refractivity contribution in [3.05, 3.63) is 65.7 Å². The van der Waals surface area contributed by atoms with Gasteiger partial charge in [-0.05, 0) is 37.6 Å². The summed E-state index contributed by atoms with van der Waals surface area (Å²) in [4.78, 5) is 14.8. The normalized spacial score (nSPS) is 16.5. The van der Waals surface area contributed by atoms with Gasteiger partial charge in [0.1, 0.15) is 5.75 Å². The number of piperidine rings is 1. The second-order valence-electron chi connectivity index (χ2n) is 7.79. The van der Waals surface area contributed by atoms with Gasteiger partial charge in [0, 0.05) is 25.1 Å². The minimum atomic E-state index is -0.620. The standard InChI is InChI=1S/C24H33N3O3/c1-30-23-13-7-6-12-21(23)22(27-14-8-3-9-15-27)18-26-24(29)25-17-20(28)16-19-10-4-2-5-11-19/h2,4-7,10-13,20,22,28H,3,8-9,14-18H2,1H3,(H2,25,26,29)/t20-,22?/m1/s1. The van der Waals surface area contributed by atoms with Crippen LogP contribution in [0.15, 0.2) is 54.6 Å². The molecular weight excluding hydrogens is 378 g/mol. The Morgan fingerprint density at radius 3 is 2.40 bits per heavy atom. The second kappa shape index (κ2) is 11.6. The van der Waals surface area contributed by atoms with Crippen molar-refractivity contribution in [2.24, 2.45) is 0 Å². The molecule has 3 rings (SSSR count). The Balaban J connectivity index is 1.54. The summed E-state index contributed by atoms with van der Waals surface area (Å²) in [6.45, 7) is 2.73. The van der Waals surface area contributed by atoms with E-state index < -0.39 is 6.10 Å². The van der Waals surface area contributed by atoms with Crippen molar-refractivity contribution in [2.75, 3.05) is 33.3 Å². The average Bonchev–Trinajstić information content (AvgIpc) is 2.79. The number of para-hydroxylation sites is 1. The van der Waals surface area contributed by atoms with E-state index in [1.165, 1.54) is 19.3 Å². The summed E-state index contributed by atoms with van der Waals surface area (Å²) in [5, 5.41) is 16.0. The first kappa shape index (κ1) is 22.1. The molecule has 0 aliphatic carbocycles. The van der Waals surface area contributed by atoms with E-state index in [0.717, 1.165) is 30.0 Å². The van der Waals surface area contributed by atoms with Gasteiger partial charge in [-0.25, -0.2) is 4.79 Å². The van der Waals surface area contributed by atoms with Crippen LogP contribution in [0.2, 0.25) is 0 Å². The van der Waals surface area contributed by atoms with E-state index in [4.69, 9.17) is 4.74 Å². The van der Waals surface area contributed by atoms with Crippen LogP contribution in [0.25, 0.3) is 0 Å². The van der Waals surface area contributed by atoms with Crippen molar-refractivity contribution >= 4 is 6.03 Å². The Labute approximate surface area is 179 Å². The Bertz CT molecular complexity index is 778. The number of aliphatic hydroxyl groups excluding tert-OH is 1. The lowest BCUT2D eigenvalue weighted by molar-refractivity contribution is 0.155. The lowest BCUT2D eigenvalue weighted by Crippen LogP contribution is -2.45. The summed E-state index contributed by atoms with van der Waals surface area (Å²) >= 11 is 0. The minimum absolute atomic E-state index is 0.0569. The molecule has 2 aromatic rings. The summed E-state index contributed by atoms with van der Waals surface area (Å²) in [6, 6.07) is 17.6. The number of likely N-dealkylation sites (tertiary alicyclic amines) is 1. The lowest BCUT2D eigenvalue weighted by Gasteiger charge is -2.35. The SMILES string of the molecule is COc1ccccc1C(CNC(=O)NC[C@H](O)Cc1ccccc1)N1CCCCC1. The molecule has 6 heteroatoms. The number of benzene rings is 2. The minimum Gasteiger partial charge on any atom is -0.496 e. The largest absolute Gasteiger partial charge is 0.496 e. The number of nitrogens with one attached hydrogen (secondary N) is 2. The molecule has 2 atom stereocenters. The van der Waals surface area contributed by atoms with Crippen molar-refractivity contribution in [2.45, 2.75) is 37.8 Å². The molecule has 0 radical (unpaired) electrons. The number of methoxy groups -OCH3 is 1. The van der Waals surface area contributed by atoms with Crippen molar-refractivity contribution in [3.63, 3.8) is 0 Å². The highest BCUT2D eigenvalue weighted by Crippen LogP contribution is 2.30. The highest BCUT2D eigenvalue weighted by molar-refractivity contribution is 5.73. The zero-order valence-corrected chi connectivity index (χ0v) is 17.7. The van der Waals surface area contributed by atoms with Crippen molar-refractivity contribution in [1.82, 2.24) is 15.5 Å². The second-order valence-corrected chi connectivity index (χ2v) is 7.79. The third kappa shape index (κ3) is 6.47.